The molecule has 0 saturated carbocycles. The molecule has 0 aromatic heterocycles. The molecule has 1 N–H and O–H groups in total. The van der Waals surface area contributed by atoms with Gasteiger partial charge in [-0.2, -0.15) is 0 Å². The fourth-order valence-corrected chi connectivity index (χ4v) is 1.77. The Labute approximate surface area is 119 Å². The molecule has 0 radical (unpaired) electrons. The van der Waals surface area contributed by atoms with Gasteiger partial charge in [-0.15, -0.1) is 0 Å². The molecule has 0 aliphatic carbocycles. The zero-order chi connectivity index (χ0) is 14.8. The van der Waals surface area contributed by atoms with Crippen LogP contribution in [0.15, 0.2) is 40.2 Å². The Balaban J connectivity index is 5.28. The van der Waals surface area contributed by atoms with Crippen LogP contribution >= 0.6 is 0 Å². The maximum atomic E-state index is 4.74. The van der Waals surface area contributed by atoms with Crippen LogP contribution in [-0.4, -0.2) is 12.8 Å². The number of hydrogen-bond acceptors (Lipinski definition) is 2. The van der Waals surface area contributed by atoms with Gasteiger partial charge in [0.25, 0.3) is 0 Å². The lowest BCUT2D eigenvalue weighted by Crippen LogP contribution is -2.10. The molecule has 19 heavy (non-hydrogen) atoms. The minimum atomic E-state index is 0.909. The molecule has 0 heterocycles. The minimum Gasteiger partial charge on any atom is -0.373 e. The number of hydrogen-bond donors (Lipinski definition) is 1. The summed E-state index contributed by atoms with van der Waals surface area (Å²) in [6.45, 7) is 14.7. The Morgan fingerprint density at radius 1 is 1.26 bits per heavy atom. The van der Waals surface area contributed by atoms with Crippen molar-refractivity contribution >= 4 is 5.71 Å². The van der Waals surface area contributed by atoms with Gasteiger partial charge in [0.2, 0.25) is 0 Å². The molecular formula is C17H30N2. The van der Waals surface area contributed by atoms with E-state index in [1.54, 1.807) is 0 Å². The van der Waals surface area contributed by atoms with Gasteiger partial charge in [-0.1, -0.05) is 37.1 Å². The van der Waals surface area contributed by atoms with E-state index in [4.69, 9.17) is 4.99 Å². The summed E-state index contributed by atoms with van der Waals surface area (Å²) < 4.78 is 0. The zero-order valence-corrected chi connectivity index (χ0v) is 13.6. The highest BCUT2D eigenvalue weighted by molar-refractivity contribution is 5.82. The Morgan fingerprint density at radius 3 is 2.32 bits per heavy atom. The first kappa shape index (κ1) is 17.7. The third kappa shape index (κ3) is 7.00. The first-order chi connectivity index (χ1) is 8.96. The maximum absolute atomic E-state index is 4.74. The van der Waals surface area contributed by atoms with Gasteiger partial charge in [0.05, 0.1) is 0 Å². The monoisotopic (exact) mass is 262 g/mol. The normalized spacial score (nSPS) is 14.2. The van der Waals surface area contributed by atoms with Crippen LogP contribution in [0.5, 0.6) is 0 Å². The van der Waals surface area contributed by atoms with Crippen molar-refractivity contribution in [3.63, 3.8) is 0 Å². The number of nitrogens with zero attached hydrogens (tertiary/aromatic N) is 1. The molecular weight excluding hydrogens is 232 g/mol. The Hall–Kier alpha value is -1.31. The smallest absolute Gasteiger partial charge is 0.129 e. The lowest BCUT2D eigenvalue weighted by atomic mass is 10.0. The standard InChI is InChI=1S/C17H30N2/c1-8-10-11-15(6)19-17(18-7)16(13(3)4)12-14(5)9-2/h9,18H,3,8,10-12H2,1-2,4-7H3/b14-9-,17-16-,19-15+. The molecule has 0 fully saturated rings. The van der Waals surface area contributed by atoms with E-state index in [2.05, 4.69) is 45.7 Å². The summed E-state index contributed by atoms with van der Waals surface area (Å²) in [6.07, 6.45) is 6.52. The second kappa shape index (κ2) is 9.60. The highest BCUT2D eigenvalue weighted by Crippen LogP contribution is 2.21. The zero-order valence-electron chi connectivity index (χ0n) is 13.6. The van der Waals surface area contributed by atoms with Gasteiger partial charge in [-0.3, -0.25) is 0 Å². The minimum absolute atomic E-state index is 0.909. The van der Waals surface area contributed by atoms with Crippen molar-refractivity contribution in [2.24, 2.45) is 4.99 Å². The second-order valence-electron chi connectivity index (χ2n) is 5.12. The van der Waals surface area contributed by atoms with Crippen LogP contribution in [0.25, 0.3) is 0 Å². The molecule has 0 aromatic carbocycles. The average Bonchev–Trinajstić information content (AvgIpc) is 2.39. The van der Waals surface area contributed by atoms with Crippen molar-refractivity contribution in [1.29, 1.82) is 0 Å². The Kier molecular flexibility index (Phi) is 8.94. The fourth-order valence-electron chi connectivity index (χ4n) is 1.77. The lowest BCUT2D eigenvalue weighted by Gasteiger charge is -2.13. The molecule has 0 spiro atoms. The van der Waals surface area contributed by atoms with E-state index in [9.17, 15) is 0 Å². The van der Waals surface area contributed by atoms with E-state index >= 15 is 0 Å². The van der Waals surface area contributed by atoms with Crippen LogP contribution in [0.1, 0.15) is 60.3 Å². The van der Waals surface area contributed by atoms with E-state index in [1.165, 1.54) is 29.7 Å². The van der Waals surface area contributed by atoms with Gasteiger partial charge in [0.15, 0.2) is 0 Å². The van der Waals surface area contributed by atoms with Crippen molar-refractivity contribution in [2.45, 2.75) is 60.3 Å². The van der Waals surface area contributed by atoms with Crippen LogP contribution in [-0.2, 0) is 0 Å². The highest BCUT2D eigenvalue weighted by Gasteiger charge is 2.07. The molecule has 108 valence electrons. The van der Waals surface area contributed by atoms with Gasteiger partial charge in [-0.25, -0.2) is 4.99 Å². The molecule has 0 aliphatic heterocycles. The maximum Gasteiger partial charge on any atom is 0.129 e. The summed E-state index contributed by atoms with van der Waals surface area (Å²) >= 11 is 0. The highest BCUT2D eigenvalue weighted by atomic mass is 15.0. The van der Waals surface area contributed by atoms with Crippen LogP contribution < -0.4 is 5.32 Å². The van der Waals surface area contributed by atoms with E-state index in [1.807, 2.05) is 14.0 Å². The molecule has 0 aliphatic rings. The predicted octanol–water partition coefficient (Wildman–Crippen LogP) is 5.00. The Morgan fingerprint density at radius 2 is 1.89 bits per heavy atom. The molecule has 0 saturated heterocycles. The molecule has 0 aromatic rings. The van der Waals surface area contributed by atoms with Crippen molar-refractivity contribution in [3.8, 4) is 0 Å². The average molecular weight is 262 g/mol. The molecule has 0 bridgehead atoms. The van der Waals surface area contributed by atoms with Gasteiger partial charge < -0.3 is 5.32 Å². The van der Waals surface area contributed by atoms with Crippen molar-refractivity contribution in [2.75, 3.05) is 7.05 Å². The first-order valence-corrected chi connectivity index (χ1v) is 7.18. The number of unbranched alkanes of at least 4 members (excludes halogenated alkanes) is 1. The molecule has 0 amide bonds. The van der Waals surface area contributed by atoms with Crippen LogP contribution in [0.4, 0.5) is 0 Å². The van der Waals surface area contributed by atoms with Crippen molar-refractivity contribution in [3.05, 3.63) is 35.2 Å². The van der Waals surface area contributed by atoms with Gasteiger partial charge in [0.1, 0.15) is 5.82 Å². The van der Waals surface area contributed by atoms with Gasteiger partial charge in [0, 0.05) is 18.3 Å². The fraction of sp³-hybridized carbons (Fsp3) is 0.588. The lowest BCUT2D eigenvalue weighted by molar-refractivity contribution is 0.826. The molecule has 2 nitrogen and oxygen atoms in total. The predicted molar refractivity (Wildman–Crippen MR) is 87.6 cm³/mol. The first-order valence-electron chi connectivity index (χ1n) is 7.18. The van der Waals surface area contributed by atoms with E-state index in [0.29, 0.717) is 0 Å². The topological polar surface area (TPSA) is 24.4 Å². The molecule has 2 heteroatoms. The van der Waals surface area contributed by atoms with E-state index < -0.39 is 0 Å². The number of allylic oxidation sites excluding steroid dienone is 4. The third-order valence-corrected chi connectivity index (χ3v) is 3.18. The molecule has 0 atom stereocenters. The third-order valence-electron chi connectivity index (χ3n) is 3.18. The molecule has 0 rings (SSSR count). The second-order valence-corrected chi connectivity index (χ2v) is 5.12. The largest absolute Gasteiger partial charge is 0.373 e. The van der Waals surface area contributed by atoms with Gasteiger partial charge in [-0.05, 0) is 47.0 Å². The number of rotatable bonds is 8. The summed E-state index contributed by atoms with van der Waals surface area (Å²) in [4.78, 5) is 4.74. The van der Waals surface area contributed by atoms with Crippen molar-refractivity contribution in [1.82, 2.24) is 5.32 Å². The van der Waals surface area contributed by atoms with E-state index in [-0.39, 0.29) is 0 Å². The summed E-state index contributed by atoms with van der Waals surface area (Å²) in [5.74, 6) is 0.960. The van der Waals surface area contributed by atoms with E-state index in [0.717, 1.165) is 24.2 Å². The summed E-state index contributed by atoms with van der Waals surface area (Å²) in [7, 11) is 1.93. The molecule has 0 unspecified atom stereocenters. The summed E-state index contributed by atoms with van der Waals surface area (Å²) in [5, 5.41) is 3.22. The summed E-state index contributed by atoms with van der Waals surface area (Å²) in [6, 6.07) is 0. The van der Waals surface area contributed by atoms with Gasteiger partial charge >= 0.3 is 0 Å². The van der Waals surface area contributed by atoms with Crippen LogP contribution in [0.2, 0.25) is 0 Å². The number of nitrogens with one attached hydrogen (secondary N) is 1. The SMILES string of the molecule is C=C(C)/C(C/C(C)=C\C)=C(\N=C(/C)CCCC)NC. The van der Waals surface area contributed by atoms with Crippen LogP contribution in [0, 0.1) is 0 Å². The number of aliphatic imine (C=N–C) groups is 1. The van der Waals surface area contributed by atoms with Crippen LogP contribution in [0.3, 0.4) is 0 Å². The Bertz CT molecular complexity index is 384. The van der Waals surface area contributed by atoms with Crippen molar-refractivity contribution < 1.29 is 0 Å². The quantitative estimate of drug-likeness (QED) is 0.371. The summed E-state index contributed by atoms with van der Waals surface area (Å²) in [5.41, 5.74) is 4.81.